The summed E-state index contributed by atoms with van der Waals surface area (Å²) in [6, 6.07) is -0.322. The van der Waals surface area contributed by atoms with Crippen LogP contribution < -0.4 is 5.32 Å². The van der Waals surface area contributed by atoms with Crippen LogP contribution in [0.5, 0.6) is 0 Å². The summed E-state index contributed by atoms with van der Waals surface area (Å²) in [7, 11) is 0. The van der Waals surface area contributed by atoms with Crippen LogP contribution >= 0.6 is 23.1 Å². The molecule has 0 spiro atoms. The number of thiophene rings is 1. The summed E-state index contributed by atoms with van der Waals surface area (Å²) in [6.45, 7) is 9.85. The lowest BCUT2D eigenvalue weighted by Crippen LogP contribution is -2.40. The third-order valence-electron chi connectivity index (χ3n) is 4.11. The Kier molecular flexibility index (Phi) is 4.29. The number of carbonyl (C=O) groups excluding carboxylic acids is 2. The van der Waals surface area contributed by atoms with Gasteiger partial charge in [-0.25, -0.2) is 14.8 Å². The van der Waals surface area contributed by atoms with Gasteiger partial charge in [0, 0.05) is 22.6 Å². The molecule has 2 aromatic heterocycles. The molecular weight excluding hydrogens is 344 g/mol. The van der Waals surface area contributed by atoms with E-state index < -0.39 is 5.54 Å². The third kappa shape index (κ3) is 2.88. The van der Waals surface area contributed by atoms with Gasteiger partial charge in [0.15, 0.2) is 0 Å². The molecule has 0 radical (unpaired) electrons. The van der Waals surface area contributed by atoms with E-state index in [0.717, 1.165) is 21.1 Å². The highest BCUT2D eigenvalue weighted by Gasteiger charge is 2.43. The summed E-state index contributed by atoms with van der Waals surface area (Å²) in [4.78, 5) is 36.7. The number of aromatic nitrogens is 2. The number of urea groups is 1. The zero-order valence-corrected chi connectivity index (χ0v) is 16.0. The molecule has 0 aliphatic carbocycles. The number of fused-ring (bicyclic) bond motifs is 1. The first kappa shape index (κ1) is 17.2. The van der Waals surface area contributed by atoms with Gasteiger partial charge in [0.05, 0.1) is 0 Å². The molecule has 1 fully saturated rings. The molecular formula is C16H20N4O2S2. The largest absolute Gasteiger partial charge is 0.325 e. The Hall–Kier alpha value is -1.67. The molecule has 24 heavy (non-hydrogen) atoms. The van der Waals surface area contributed by atoms with Crippen LogP contribution in [0.4, 0.5) is 4.79 Å². The highest BCUT2D eigenvalue weighted by Crippen LogP contribution is 2.35. The van der Waals surface area contributed by atoms with E-state index in [1.807, 2.05) is 6.92 Å². The van der Waals surface area contributed by atoms with Crippen molar-refractivity contribution in [3.63, 3.8) is 0 Å². The first-order chi connectivity index (χ1) is 11.2. The van der Waals surface area contributed by atoms with Crippen molar-refractivity contribution in [1.29, 1.82) is 0 Å². The maximum absolute atomic E-state index is 12.2. The Morgan fingerprint density at radius 3 is 2.54 bits per heavy atom. The van der Waals surface area contributed by atoms with Crippen LogP contribution in [0.1, 0.15) is 30.1 Å². The number of aryl methyl sites for hydroxylation is 3. The van der Waals surface area contributed by atoms with Crippen molar-refractivity contribution in [3.8, 4) is 0 Å². The van der Waals surface area contributed by atoms with Crippen LogP contribution in [-0.2, 0) is 4.79 Å². The minimum Gasteiger partial charge on any atom is -0.324 e. The number of hydrogen-bond acceptors (Lipinski definition) is 6. The van der Waals surface area contributed by atoms with Gasteiger partial charge < -0.3 is 5.32 Å². The molecule has 1 N–H and O–H groups in total. The fraction of sp³-hybridized carbons (Fsp3) is 0.500. The Bertz CT molecular complexity index is 844. The number of imide groups is 1. The van der Waals surface area contributed by atoms with Gasteiger partial charge >= 0.3 is 6.03 Å². The van der Waals surface area contributed by atoms with Crippen molar-refractivity contribution >= 4 is 45.3 Å². The van der Waals surface area contributed by atoms with E-state index in [1.54, 1.807) is 36.9 Å². The summed E-state index contributed by atoms with van der Waals surface area (Å²) in [5, 5.41) is 4.71. The highest BCUT2D eigenvalue weighted by atomic mass is 32.2. The van der Waals surface area contributed by atoms with Gasteiger partial charge in [-0.1, -0.05) is 0 Å². The number of nitrogens with one attached hydrogen (secondary N) is 1. The summed E-state index contributed by atoms with van der Waals surface area (Å²) in [5.41, 5.74) is 0.385. The summed E-state index contributed by atoms with van der Waals surface area (Å²) < 4.78 is 0. The van der Waals surface area contributed by atoms with Crippen LogP contribution in [-0.4, -0.2) is 44.6 Å². The van der Waals surface area contributed by atoms with Gasteiger partial charge in [-0.2, -0.15) is 0 Å². The van der Waals surface area contributed by atoms with Gasteiger partial charge in [0.25, 0.3) is 5.91 Å². The topological polar surface area (TPSA) is 75.2 Å². The molecule has 0 bridgehead atoms. The van der Waals surface area contributed by atoms with E-state index in [9.17, 15) is 9.59 Å². The second-order valence-corrected chi connectivity index (χ2v) is 8.69. The second-order valence-electron chi connectivity index (χ2n) is 6.40. The highest BCUT2D eigenvalue weighted by molar-refractivity contribution is 7.99. The van der Waals surface area contributed by atoms with Crippen molar-refractivity contribution in [1.82, 2.24) is 20.2 Å². The Labute approximate surface area is 149 Å². The van der Waals surface area contributed by atoms with Crippen molar-refractivity contribution in [2.24, 2.45) is 0 Å². The van der Waals surface area contributed by atoms with Crippen LogP contribution in [0, 0.1) is 20.8 Å². The van der Waals surface area contributed by atoms with E-state index in [4.69, 9.17) is 0 Å². The molecule has 1 aliphatic rings. The van der Waals surface area contributed by atoms with E-state index in [-0.39, 0.29) is 11.9 Å². The summed E-state index contributed by atoms with van der Waals surface area (Å²) in [6.07, 6.45) is 0. The van der Waals surface area contributed by atoms with Crippen LogP contribution in [0.3, 0.4) is 0 Å². The average molecular weight is 364 g/mol. The number of rotatable bonds is 4. The minimum absolute atomic E-state index is 0.181. The lowest BCUT2D eigenvalue weighted by atomic mass is 10.1. The number of thioether (sulfide) groups is 1. The van der Waals surface area contributed by atoms with E-state index in [0.29, 0.717) is 12.3 Å². The normalized spacial score (nSPS) is 17.0. The van der Waals surface area contributed by atoms with Gasteiger partial charge in [-0.05, 0) is 40.2 Å². The Balaban J connectivity index is 1.77. The molecule has 1 saturated heterocycles. The van der Waals surface area contributed by atoms with Crippen LogP contribution in [0.25, 0.3) is 10.2 Å². The zero-order chi connectivity index (χ0) is 17.6. The van der Waals surface area contributed by atoms with E-state index in [2.05, 4.69) is 29.1 Å². The van der Waals surface area contributed by atoms with Crippen molar-refractivity contribution in [2.45, 2.75) is 45.2 Å². The quantitative estimate of drug-likeness (QED) is 0.513. The zero-order valence-electron chi connectivity index (χ0n) is 14.4. The summed E-state index contributed by atoms with van der Waals surface area (Å²) in [5.74, 6) is 1.16. The third-order valence-corrected chi connectivity index (χ3v) is 6.16. The molecule has 1 aliphatic heterocycles. The molecule has 0 atom stereocenters. The van der Waals surface area contributed by atoms with Crippen LogP contribution in [0.2, 0.25) is 0 Å². The predicted octanol–water partition coefficient (Wildman–Crippen LogP) is 3.04. The molecule has 8 heteroatoms. The molecule has 3 amide bonds. The first-order valence-electron chi connectivity index (χ1n) is 7.72. The Morgan fingerprint density at radius 2 is 1.92 bits per heavy atom. The molecule has 128 valence electrons. The number of amides is 3. The van der Waals surface area contributed by atoms with Crippen molar-refractivity contribution in [2.75, 3.05) is 12.3 Å². The predicted molar refractivity (Wildman–Crippen MR) is 96.7 cm³/mol. The SMILES string of the molecule is Cc1nc(SCCN2C(=O)NC(C)(C)C2=O)c2c(C)c(C)sc2n1. The van der Waals surface area contributed by atoms with Gasteiger partial charge in [0.1, 0.15) is 21.2 Å². The van der Waals surface area contributed by atoms with Crippen molar-refractivity contribution < 1.29 is 9.59 Å². The summed E-state index contributed by atoms with van der Waals surface area (Å²) >= 11 is 3.24. The molecule has 0 unspecified atom stereocenters. The average Bonchev–Trinajstić information content (AvgIpc) is 2.86. The monoisotopic (exact) mass is 364 g/mol. The lowest BCUT2D eigenvalue weighted by molar-refractivity contribution is -0.130. The molecule has 0 saturated carbocycles. The minimum atomic E-state index is -0.818. The molecule has 6 nitrogen and oxygen atoms in total. The first-order valence-corrected chi connectivity index (χ1v) is 9.52. The maximum atomic E-state index is 12.2. The van der Waals surface area contributed by atoms with Gasteiger partial charge in [-0.3, -0.25) is 9.69 Å². The van der Waals surface area contributed by atoms with E-state index in [1.165, 1.54) is 15.3 Å². The molecule has 3 rings (SSSR count). The number of hydrogen-bond donors (Lipinski definition) is 1. The molecule has 0 aromatic carbocycles. The Morgan fingerprint density at radius 1 is 1.21 bits per heavy atom. The van der Waals surface area contributed by atoms with Gasteiger partial charge in [-0.15, -0.1) is 23.1 Å². The van der Waals surface area contributed by atoms with Crippen LogP contribution in [0.15, 0.2) is 5.03 Å². The van der Waals surface area contributed by atoms with E-state index >= 15 is 0 Å². The number of nitrogens with zero attached hydrogens (tertiary/aromatic N) is 3. The fourth-order valence-corrected chi connectivity index (χ4v) is 4.87. The van der Waals surface area contributed by atoms with Gasteiger partial charge in [0.2, 0.25) is 0 Å². The molecule has 2 aromatic rings. The smallest absolute Gasteiger partial charge is 0.324 e. The number of carbonyl (C=O) groups is 2. The maximum Gasteiger partial charge on any atom is 0.325 e. The standard InChI is InChI=1S/C16H20N4O2S2/c1-8-9(2)24-13-11(8)12(17-10(3)18-13)23-7-6-20-14(21)16(4,5)19-15(20)22/h6-7H2,1-5H3,(H,19,22). The lowest BCUT2D eigenvalue weighted by Gasteiger charge is -2.15. The molecule has 3 heterocycles. The fourth-order valence-electron chi connectivity index (χ4n) is 2.67. The van der Waals surface area contributed by atoms with Crippen molar-refractivity contribution in [3.05, 3.63) is 16.3 Å². The second kappa shape index (κ2) is 6.00.